The van der Waals surface area contributed by atoms with Crippen LogP contribution in [-0.4, -0.2) is 21.9 Å². The molecular formula is C14H11BrF2N2O4. The maximum atomic E-state index is 13.1. The Labute approximate surface area is 138 Å². The fourth-order valence-electron chi connectivity index (χ4n) is 1.64. The van der Waals surface area contributed by atoms with Crippen molar-refractivity contribution in [3.63, 3.8) is 0 Å². The summed E-state index contributed by atoms with van der Waals surface area (Å²) < 4.78 is 35.7. The van der Waals surface area contributed by atoms with Crippen LogP contribution in [0.15, 0.2) is 28.9 Å². The number of hydrogen-bond acceptors (Lipinski definition) is 5. The summed E-state index contributed by atoms with van der Waals surface area (Å²) in [7, 11) is 0. The fraction of sp³-hybridized carbons (Fsp3) is 0.214. The highest BCUT2D eigenvalue weighted by Crippen LogP contribution is 2.15. The molecule has 23 heavy (non-hydrogen) atoms. The van der Waals surface area contributed by atoms with Gasteiger partial charge in [0, 0.05) is 12.5 Å². The van der Waals surface area contributed by atoms with Gasteiger partial charge in [0.05, 0.1) is 0 Å². The average molecular weight is 389 g/mol. The highest BCUT2D eigenvalue weighted by atomic mass is 79.9. The molecule has 0 aliphatic rings. The first-order chi connectivity index (χ1) is 10.8. The number of nitrogens with zero attached hydrogens (tertiary/aromatic N) is 1. The molecule has 122 valence electrons. The van der Waals surface area contributed by atoms with Crippen molar-refractivity contribution < 1.29 is 27.5 Å². The highest BCUT2D eigenvalue weighted by molar-refractivity contribution is 9.10. The number of ether oxygens (including phenoxy) is 1. The Morgan fingerprint density at radius 1 is 1.35 bits per heavy atom. The van der Waals surface area contributed by atoms with Gasteiger partial charge in [-0.25, -0.2) is 13.6 Å². The number of anilines is 1. The molecule has 1 aromatic heterocycles. The van der Waals surface area contributed by atoms with E-state index in [0.29, 0.717) is 5.56 Å². The van der Waals surface area contributed by atoms with Crippen molar-refractivity contribution in [2.45, 2.75) is 18.2 Å². The monoisotopic (exact) mass is 388 g/mol. The van der Waals surface area contributed by atoms with Crippen LogP contribution in [0, 0.1) is 11.6 Å². The lowest BCUT2D eigenvalue weighted by Crippen LogP contribution is -2.23. The molecule has 2 aromatic rings. The number of nitrogens with one attached hydrogen (secondary N) is 1. The SMILES string of the molecule is CC(Br)C(=O)OC(=O)Nc1coc(Cc2cc(F)cc(F)c2)n1. The van der Waals surface area contributed by atoms with E-state index in [-0.39, 0.29) is 18.1 Å². The quantitative estimate of drug-likeness (QED) is 0.493. The van der Waals surface area contributed by atoms with Crippen LogP contribution in [-0.2, 0) is 16.0 Å². The molecular weight excluding hydrogens is 378 g/mol. The zero-order valence-electron chi connectivity index (χ0n) is 11.8. The molecule has 0 saturated carbocycles. The molecule has 9 heteroatoms. The van der Waals surface area contributed by atoms with Gasteiger partial charge >= 0.3 is 12.1 Å². The molecule has 1 heterocycles. The minimum Gasteiger partial charge on any atom is -0.446 e. The van der Waals surface area contributed by atoms with Gasteiger partial charge in [-0.15, -0.1) is 0 Å². The minimum absolute atomic E-state index is 0.0110. The summed E-state index contributed by atoms with van der Waals surface area (Å²) in [6.07, 6.45) is 0.134. The van der Waals surface area contributed by atoms with Crippen LogP contribution in [0.2, 0.25) is 0 Å². The van der Waals surface area contributed by atoms with E-state index in [1.807, 2.05) is 0 Å². The Balaban J connectivity index is 1.98. The largest absolute Gasteiger partial charge is 0.446 e. The van der Waals surface area contributed by atoms with Crippen molar-refractivity contribution in [3.8, 4) is 0 Å². The summed E-state index contributed by atoms with van der Waals surface area (Å²) in [6, 6.07) is 3.04. The number of alkyl halides is 1. The second kappa shape index (κ2) is 7.32. The van der Waals surface area contributed by atoms with Gasteiger partial charge in [0.15, 0.2) is 11.7 Å². The smallest absolute Gasteiger partial charge is 0.420 e. The van der Waals surface area contributed by atoms with Crippen LogP contribution < -0.4 is 5.32 Å². The van der Waals surface area contributed by atoms with E-state index in [0.717, 1.165) is 24.5 Å². The molecule has 0 bridgehead atoms. The van der Waals surface area contributed by atoms with Gasteiger partial charge in [-0.05, 0) is 24.6 Å². The van der Waals surface area contributed by atoms with Crippen LogP contribution >= 0.6 is 15.9 Å². The molecule has 0 saturated heterocycles. The summed E-state index contributed by atoms with van der Waals surface area (Å²) in [5.41, 5.74) is 0.321. The van der Waals surface area contributed by atoms with Crippen molar-refractivity contribution in [2.24, 2.45) is 0 Å². The van der Waals surface area contributed by atoms with Crippen LogP contribution in [0.3, 0.4) is 0 Å². The summed E-state index contributed by atoms with van der Waals surface area (Å²) >= 11 is 2.96. The van der Waals surface area contributed by atoms with E-state index < -0.39 is 28.5 Å². The second-order valence-electron chi connectivity index (χ2n) is 4.53. The van der Waals surface area contributed by atoms with Gasteiger partial charge in [-0.3, -0.25) is 10.1 Å². The number of aromatic nitrogens is 1. The molecule has 2 rings (SSSR count). The predicted molar refractivity (Wildman–Crippen MR) is 79.2 cm³/mol. The number of hydrogen-bond donors (Lipinski definition) is 1. The molecule has 1 amide bonds. The van der Waals surface area contributed by atoms with Gasteiger partial charge < -0.3 is 9.15 Å². The van der Waals surface area contributed by atoms with Gasteiger partial charge in [0.25, 0.3) is 0 Å². The average Bonchev–Trinajstić information content (AvgIpc) is 2.84. The number of benzene rings is 1. The molecule has 1 atom stereocenters. The van der Waals surface area contributed by atoms with Gasteiger partial charge in [-0.1, -0.05) is 15.9 Å². The number of halogens is 3. The number of rotatable bonds is 4. The topological polar surface area (TPSA) is 81.4 Å². The Bertz CT molecular complexity index is 713. The fourth-order valence-corrected chi connectivity index (χ4v) is 1.73. The summed E-state index contributed by atoms with van der Waals surface area (Å²) in [6.45, 7) is 1.50. The molecule has 1 unspecified atom stereocenters. The lowest BCUT2D eigenvalue weighted by atomic mass is 10.1. The highest BCUT2D eigenvalue weighted by Gasteiger charge is 2.17. The Morgan fingerprint density at radius 2 is 2.00 bits per heavy atom. The third-order valence-corrected chi connectivity index (χ3v) is 2.95. The zero-order chi connectivity index (χ0) is 17.0. The number of esters is 1. The first-order valence-electron chi connectivity index (χ1n) is 6.39. The van der Waals surface area contributed by atoms with Crippen molar-refractivity contribution in [3.05, 3.63) is 47.6 Å². The maximum absolute atomic E-state index is 13.1. The Kier molecular flexibility index (Phi) is 5.43. The predicted octanol–water partition coefficient (Wildman–Crippen LogP) is 3.40. The van der Waals surface area contributed by atoms with Crippen LogP contribution in [0.1, 0.15) is 18.4 Å². The summed E-state index contributed by atoms with van der Waals surface area (Å²) in [5.74, 6) is -2.05. The number of carbonyl (C=O) groups is 2. The first kappa shape index (κ1) is 17.1. The van der Waals surface area contributed by atoms with Gasteiger partial charge in [-0.2, -0.15) is 4.98 Å². The van der Waals surface area contributed by atoms with E-state index in [1.54, 1.807) is 0 Å². The molecule has 0 aliphatic carbocycles. The molecule has 0 radical (unpaired) electrons. The summed E-state index contributed by atoms with van der Waals surface area (Å²) in [5, 5.41) is 2.20. The van der Waals surface area contributed by atoms with Crippen molar-refractivity contribution in [1.82, 2.24) is 4.98 Å². The van der Waals surface area contributed by atoms with Crippen molar-refractivity contribution in [1.29, 1.82) is 0 Å². The Hall–Kier alpha value is -2.29. The lowest BCUT2D eigenvalue weighted by Gasteiger charge is -2.03. The van der Waals surface area contributed by atoms with Crippen LogP contribution in [0.25, 0.3) is 0 Å². The number of oxazole rings is 1. The Morgan fingerprint density at radius 3 is 2.61 bits per heavy atom. The lowest BCUT2D eigenvalue weighted by molar-refractivity contribution is -0.135. The molecule has 0 spiro atoms. The van der Waals surface area contributed by atoms with Gasteiger partial charge in [0.2, 0.25) is 0 Å². The van der Waals surface area contributed by atoms with E-state index in [2.05, 4.69) is 31.0 Å². The van der Waals surface area contributed by atoms with E-state index in [9.17, 15) is 18.4 Å². The normalized spacial score (nSPS) is 11.8. The zero-order valence-corrected chi connectivity index (χ0v) is 13.4. The third kappa shape index (κ3) is 5.13. The van der Waals surface area contributed by atoms with Crippen LogP contribution in [0.5, 0.6) is 0 Å². The minimum atomic E-state index is -1.02. The standard InChI is InChI=1S/C14H11BrF2N2O4/c1-7(15)13(20)23-14(21)19-11-6-22-12(18-11)4-8-2-9(16)5-10(17)3-8/h2-3,5-7H,4H2,1H3,(H,19,21). The number of carbonyl (C=O) groups excluding carboxylic acids is 2. The molecule has 1 aromatic carbocycles. The number of amides is 1. The first-order valence-corrected chi connectivity index (χ1v) is 7.31. The molecule has 6 nitrogen and oxygen atoms in total. The van der Waals surface area contributed by atoms with Crippen molar-refractivity contribution in [2.75, 3.05) is 5.32 Å². The third-order valence-electron chi connectivity index (χ3n) is 2.58. The van der Waals surface area contributed by atoms with E-state index in [1.165, 1.54) is 6.92 Å². The summed E-state index contributed by atoms with van der Waals surface area (Å²) in [4.78, 5) is 25.9. The maximum Gasteiger partial charge on any atom is 0.420 e. The molecule has 0 aliphatic heterocycles. The van der Waals surface area contributed by atoms with E-state index >= 15 is 0 Å². The molecule has 0 fully saturated rings. The van der Waals surface area contributed by atoms with Crippen LogP contribution in [0.4, 0.5) is 19.4 Å². The molecule has 1 N–H and O–H groups in total. The second-order valence-corrected chi connectivity index (χ2v) is 5.90. The van der Waals surface area contributed by atoms with Crippen molar-refractivity contribution >= 4 is 33.8 Å². The van der Waals surface area contributed by atoms with E-state index in [4.69, 9.17) is 4.42 Å². The van der Waals surface area contributed by atoms with Gasteiger partial charge in [0.1, 0.15) is 22.7 Å².